The van der Waals surface area contributed by atoms with Gasteiger partial charge in [-0.2, -0.15) is 0 Å². The summed E-state index contributed by atoms with van der Waals surface area (Å²) >= 11 is 3.36. The number of para-hydroxylation sites is 1. The minimum Gasteiger partial charge on any atom is -0.504 e. The lowest BCUT2D eigenvalue weighted by Gasteiger charge is -2.29. The highest BCUT2D eigenvalue weighted by Gasteiger charge is 2.25. The van der Waals surface area contributed by atoms with Crippen molar-refractivity contribution in [2.75, 3.05) is 5.33 Å². The molecule has 0 spiro atoms. The van der Waals surface area contributed by atoms with Crippen LogP contribution in [0.1, 0.15) is 37.0 Å². The van der Waals surface area contributed by atoms with Crippen molar-refractivity contribution in [1.29, 1.82) is 0 Å². The van der Waals surface area contributed by atoms with E-state index in [0.29, 0.717) is 0 Å². The van der Waals surface area contributed by atoms with E-state index in [1.165, 1.54) is 18.2 Å². The van der Waals surface area contributed by atoms with E-state index in [-0.39, 0.29) is 28.5 Å². The number of halogens is 1. The summed E-state index contributed by atoms with van der Waals surface area (Å²) in [5, 5.41) is 22.7. The monoisotopic (exact) mass is 315 g/mol. The van der Waals surface area contributed by atoms with Gasteiger partial charge in [0.2, 0.25) is 0 Å². The van der Waals surface area contributed by atoms with Crippen molar-refractivity contribution in [2.24, 2.45) is 0 Å². The van der Waals surface area contributed by atoms with Crippen molar-refractivity contribution in [1.82, 2.24) is 5.32 Å². The molecule has 0 saturated carbocycles. The summed E-state index contributed by atoms with van der Waals surface area (Å²) in [5.41, 5.74) is -0.248. The van der Waals surface area contributed by atoms with Gasteiger partial charge in [0.05, 0.1) is 5.56 Å². The molecule has 5 heteroatoms. The Morgan fingerprint density at radius 3 is 2.67 bits per heavy atom. The molecule has 0 aliphatic carbocycles. The molecule has 0 aromatic heterocycles. The SMILES string of the molecule is CCC(C)(CCBr)NC(=O)c1cccc(O)c1O. The fraction of sp³-hybridized carbons (Fsp3) is 0.462. The first-order chi connectivity index (χ1) is 8.43. The summed E-state index contributed by atoms with van der Waals surface area (Å²) in [6.07, 6.45) is 1.57. The second kappa shape index (κ2) is 6.09. The van der Waals surface area contributed by atoms with Gasteiger partial charge in [0.15, 0.2) is 11.5 Å². The third-order valence-electron chi connectivity index (χ3n) is 3.10. The average molecular weight is 316 g/mol. The van der Waals surface area contributed by atoms with Crippen molar-refractivity contribution in [2.45, 2.75) is 32.2 Å². The summed E-state index contributed by atoms with van der Waals surface area (Å²) in [4.78, 5) is 12.1. The minimum atomic E-state index is -0.382. The molecule has 100 valence electrons. The topological polar surface area (TPSA) is 69.6 Å². The molecule has 1 aromatic carbocycles. The molecule has 4 nitrogen and oxygen atoms in total. The van der Waals surface area contributed by atoms with E-state index in [1.807, 2.05) is 13.8 Å². The van der Waals surface area contributed by atoms with Crippen molar-refractivity contribution in [3.63, 3.8) is 0 Å². The first-order valence-electron chi connectivity index (χ1n) is 5.83. The third-order valence-corrected chi connectivity index (χ3v) is 3.50. The number of benzene rings is 1. The fourth-order valence-corrected chi connectivity index (χ4v) is 2.47. The molecule has 1 rings (SSSR count). The molecule has 0 bridgehead atoms. The standard InChI is InChI=1S/C13H18BrNO3/c1-3-13(2,7-8-14)15-12(18)9-5-4-6-10(16)11(9)17/h4-6,16-17H,3,7-8H2,1-2H3,(H,15,18). The van der Waals surface area contributed by atoms with Crippen LogP contribution in [0.3, 0.4) is 0 Å². The molecular formula is C13H18BrNO3. The molecule has 0 heterocycles. The first-order valence-corrected chi connectivity index (χ1v) is 6.95. The second-order valence-corrected chi connectivity index (χ2v) is 5.27. The van der Waals surface area contributed by atoms with Crippen LogP contribution in [0.15, 0.2) is 18.2 Å². The average Bonchev–Trinajstić information content (AvgIpc) is 2.32. The highest BCUT2D eigenvalue weighted by molar-refractivity contribution is 9.09. The summed E-state index contributed by atoms with van der Waals surface area (Å²) in [6.45, 7) is 3.94. The van der Waals surface area contributed by atoms with E-state index >= 15 is 0 Å². The van der Waals surface area contributed by atoms with E-state index in [0.717, 1.165) is 18.2 Å². The highest BCUT2D eigenvalue weighted by atomic mass is 79.9. The molecule has 18 heavy (non-hydrogen) atoms. The van der Waals surface area contributed by atoms with Gasteiger partial charge in [0.25, 0.3) is 5.91 Å². The zero-order valence-corrected chi connectivity index (χ0v) is 12.1. The van der Waals surface area contributed by atoms with Crippen LogP contribution < -0.4 is 5.32 Å². The van der Waals surface area contributed by atoms with Crippen molar-refractivity contribution in [3.05, 3.63) is 23.8 Å². The number of nitrogens with one attached hydrogen (secondary N) is 1. The molecule has 1 amide bonds. The smallest absolute Gasteiger partial charge is 0.255 e. The molecule has 0 fully saturated rings. The lowest BCUT2D eigenvalue weighted by Crippen LogP contribution is -2.45. The van der Waals surface area contributed by atoms with E-state index in [1.54, 1.807) is 0 Å². The lowest BCUT2D eigenvalue weighted by atomic mass is 9.95. The van der Waals surface area contributed by atoms with Crippen LogP contribution in [-0.2, 0) is 0 Å². The van der Waals surface area contributed by atoms with E-state index in [2.05, 4.69) is 21.2 Å². The molecule has 0 radical (unpaired) electrons. The number of aromatic hydroxyl groups is 2. The molecule has 3 N–H and O–H groups in total. The Hall–Kier alpha value is -1.23. The van der Waals surface area contributed by atoms with Crippen molar-refractivity contribution in [3.8, 4) is 11.5 Å². The summed E-state index contributed by atoms with van der Waals surface area (Å²) in [5.74, 6) is -1.05. The predicted molar refractivity (Wildman–Crippen MR) is 74.3 cm³/mol. The normalized spacial score (nSPS) is 13.9. The number of carbonyl (C=O) groups is 1. The predicted octanol–water partition coefficient (Wildman–Crippen LogP) is 2.78. The maximum atomic E-state index is 12.1. The van der Waals surface area contributed by atoms with E-state index < -0.39 is 0 Å². The number of hydrogen-bond acceptors (Lipinski definition) is 3. The van der Waals surface area contributed by atoms with E-state index in [9.17, 15) is 15.0 Å². The maximum absolute atomic E-state index is 12.1. The van der Waals surface area contributed by atoms with Gasteiger partial charge in [0.1, 0.15) is 0 Å². The van der Waals surface area contributed by atoms with Gasteiger partial charge in [-0.1, -0.05) is 28.9 Å². The molecular weight excluding hydrogens is 298 g/mol. The van der Waals surface area contributed by atoms with Crippen LogP contribution in [0, 0.1) is 0 Å². The number of amides is 1. The lowest BCUT2D eigenvalue weighted by molar-refractivity contribution is 0.0898. The van der Waals surface area contributed by atoms with Crippen LogP contribution in [-0.4, -0.2) is 27.0 Å². The van der Waals surface area contributed by atoms with Crippen molar-refractivity contribution >= 4 is 21.8 Å². The zero-order chi connectivity index (χ0) is 13.8. The first kappa shape index (κ1) is 14.8. The van der Waals surface area contributed by atoms with Crippen LogP contribution in [0.5, 0.6) is 11.5 Å². The highest BCUT2D eigenvalue weighted by Crippen LogP contribution is 2.28. The Labute approximate surface area is 115 Å². The third kappa shape index (κ3) is 3.38. The zero-order valence-electron chi connectivity index (χ0n) is 10.5. The molecule has 0 aliphatic rings. The van der Waals surface area contributed by atoms with Gasteiger partial charge in [-0.25, -0.2) is 0 Å². The van der Waals surface area contributed by atoms with Crippen LogP contribution >= 0.6 is 15.9 Å². The Bertz CT molecular complexity index is 436. The van der Waals surface area contributed by atoms with Gasteiger partial charge in [-0.15, -0.1) is 0 Å². The Kier molecular flexibility index (Phi) is 5.02. The van der Waals surface area contributed by atoms with E-state index in [4.69, 9.17) is 0 Å². The van der Waals surface area contributed by atoms with Gasteiger partial charge >= 0.3 is 0 Å². The van der Waals surface area contributed by atoms with Crippen LogP contribution in [0.4, 0.5) is 0 Å². The fourth-order valence-electron chi connectivity index (χ4n) is 1.59. The Morgan fingerprint density at radius 1 is 1.44 bits per heavy atom. The Morgan fingerprint density at radius 2 is 2.11 bits per heavy atom. The molecule has 1 unspecified atom stereocenters. The molecule has 1 aromatic rings. The number of phenols is 2. The maximum Gasteiger partial charge on any atom is 0.255 e. The molecule has 0 saturated heterocycles. The molecule has 1 atom stereocenters. The minimum absolute atomic E-state index is 0.0873. The number of carbonyl (C=O) groups excluding carboxylic acids is 1. The molecule has 0 aliphatic heterocycles. The Balaban J connectivity index is 2.91. The van der Waals surface area contributed by atoms with Crippen LogP contribution in [0.25, 0.3) is 0 Å². The number of phenolic OH excluding ortho intramolecular Hbond substituents is 2. The second-order valence-electron chi connectivity index (χ2n) is 4.48. The van der Waals surface area contributed by atoms with Gasteiger partial charge in [-0.05, 0) is 31.9 Å². The van der Waals surface area contributed by atoms with Crippen LogP contribution in [0.2, 0.25) is 0 Å². The van der Waals surface area contributed by atoms with Gasteiger partial charge < -0.3 is 15.5 Å². The quantitative estimate of drug-likeness (QED) is 0.578. The number of rotatable bonds is 5. The number of alkyl halides is 1. The van der Waals surface area contributed by atoms with Gasteiger partial charge in [0, 0.05) is 10.9 Å². The summed E-state index contributed by atoms with van der Waals surface area (Å²) in [6, 6.07) is 4.34. The largest absolute Gasteiger partial charge is 0.504 e. The summed E-state index contributed by atoms with van der Waals surface area (Å²) < 4.78 is 0. The van der Waals surface area contributed by atoms with Crippen molar-refractivity contribution < 1.29 is 15.0 Å². The van der Waals surface area contributed by atoms with Gasteiger partial charge in [-0.3, -0.25) is 4.79 Å². The number of hydrogen-bond donors (Lipinski definition) is 3. The summed E-state index contributed by atoms with van der Waals surface area (Å²) in [7, 11) is 0.